The van der Waals surface area contributed by atoms with Gasteiger partial charge in [0.2, 0.25) is 0 Å². The molecule has 2 rings (SSSR count). The van der Waals surface area contributed by atoms with E-state index in [-0.39, 0.29) is 6.04 Å². The van der Waals surface area contributed by atoms with Crippen molar-refractivity contribution < 1.29 is 4.42 Å². The van der Waals surface area contributed by atoms with E-state index in [0.717, 1.165) is 23.3 Å². The summed E-state index contributed by atoms with van der Waals surface area (Å²) in [6.07, 6.45) is 3.15. The topological polar surface area (TPSA) is 39.2 Å². The van der Waals surface area contributed by atoms with Crippen LogP contribution in [0.1, 0.15) is 29.9 Å². The predicted molar refractivity (Wildman–Crippen MR) is 75.2 cm³/mol. The molecule has 0 amide bonds. The molecule has 2 aromatic rings. The van der Waals surface area contributed by atoms with Gasteiger partial charge in [-0.15, -0.1) is 0 Å². The lowest BCUT2D eigenvalue weighted by atomic mass is 9.99. The molecule has 18 heavy (non-hydrogen) atoms. The van der Waals surface area contributed by atoms with Crippen LogP contribution in [-0.4, -0.2) is 0 Å². The first kappa shape index (κ1) is 13.5. The highest BCUT2D eigenvalue weighted by Gasteiger charge is 2.15. The number of benzene rings is 1. The highest BCUT2D eigenvalue weighted by Crippen LogP contribution is 2.29. The Labute approximate surface area is 117 Å². The van der Waals surface area contributed by atoms with E-state index in [1.54, 1.807) is 12.3 Å². The minimum Gasteiger partial charge on any atom is -0.469 e. The van der Waals surface area contributed by atoms with Gasteiger partial charge in [0, 0.05) is 18.0 Å². The zero-order valence-corrected chi connectivity index (χ0v) is 11.6. The second-order valence-electron chi connectivity index (χ2n) is 4.18. The molecule has 0 radical (unpaired) electrons. The van der Waals surface area contributed by atoms with E-state index in [1.165, 1.54) is 0 Å². The molecule has 1 aromatic carbocycles. The highest BCUT2D eigenvalue weighted by atomic mass is 35.5. The zero-order valence-electron chi connectivity index (χ0n) is 10.1. The summed E-state index contributed by atoms with van der Waals surface area (Å²) in [6.45, 7) is 2.04. The van der Waals surface area contributed by atoms with Crippen LogP contribution in [0.3, 0.4) is 0 Å². The van der Waals surface area contributed by atoms with Gasteiger partial charge in [-0.05, 0) is 24.1 Å². The average Bonchev–Trinajstić information content (AvgIpc) is 2.83. The van der Waals surface area contributed by atoms with E-state index in [1.807, 2.05) is 25.1 Å². The summed E-state index contributed by atoms with van der Waals surface area (Å²) in [6, 6.07) is 7.39. The highest BCUT2D eigenvalue weighted by molar-refractivity contribution is 6.42. The van der Waals surface area contributed by atoms with Gasteiger partial charge in [-0.1, -0.05) is 42.3 Å². The van der Waals surface area contributed by atoms with Gasteiger partial charge >= 0.3 is 0 Å². The van der Waals surface area contributed by atoms with E-state index in [2.05, 4.69) is 0 Å². The molecule has 0 bridgehead atoms. The Balaban J connectivity index is 2.21. The molecule has 96 valence electrons. The van der Waals surface area contributed by atoms with Crippen LogP contribution in [0.25, 0.3) is 0 Å². The van der Waals surface area contributed by atoms with Crippen molar-refractivity contribution in [2.24, 2.45) is 5.73 Å². The van der Waals surface area contributed by atoms with Crippen molar-refractivity contribution in [3.63, 3.8) is 0 Å². The third kappa shape index (κ3) is 2.72. The molecule has 0 spiro atoms. The lowest BCUT2D eigenvalue weighted by molar-refractivity contribution is 0.505. The van der Waals surface area contributed by atoms with Gasteiger partial charge in [0.05, 0.1) is 16.3 Å². The van der Waals surface area contributed by atoms with Crippen LogP contribution in [0.4, 0.5) is 0 Å². The summed E-state index contributed by atoms with van der Waals surface area (Å²) < 4.78 is 5.39. The lowest BCUT2D eigenvalue weighted by Gasteiger charge is -2.13. The molecule has 1 atom stereocenters. The SMILES string of the molecule is CCc1occc1C(N)Cc1cccc(Cl)c1Cl. The summed E-state index contributed by atoms with van der Waals surface area (Å²) in [7, 11) is 0. The van der Waals surface area contributed by atoms with Crippen LogP contribution < -0.4 is 5.73 Å². The van der Waals surface area contributed by atoms with Crippen LogP contribution in [0.2, 0.25) is 10.0 Å². The fourth-order valence-electron chi connectivity index (χ4n) is 2.02. The number of rotatable bonds is 4. The van der Waals surface area contributed by atoms with E-state index in [4.69, 9.17) is 33.4 Å². The molecule has 0 aliphatic heterocycles. The summed E-state index contributed by atoms with van der Waals surface area (Å²) in [5, 5.41) is 1.14. The molecule has 1 unspecified atom stereocenters. The van der Waals surface area contributed by atoms with Crippen molar-refractivity contribution in [3.8, 4) is 0 Å². The fraction of sp³-hybridized carbons (Fsp3) is 0.286. The Morgan fingerprint density at radius 3 is 2.78 bits per heavy atom. The van der Waals surface area contributed by atoms with Crippen molar-refractivity contribution in [3.05, 3.63) is 57.5 Å². The van der Waals surface area contributed by atoms with E-state index in [0.29, 0.717) is 16.5 Å². The minimum atomic E-state index is -0.130. The van der Waals surface area contributed by atoms with Crippen LogP contribution in [0, 0.1) is 0 Å². The fourth-order valence-corrected chi connectivity index (χ4v) is 2.42. The van der Waals surface area contributed by atoms with Gasteiger partial charge in [-0.25, -0.2) is 0 Å². The van der Waals surface area contributed by atoms with Gasteiger partial charge < -0.3 is 10.2 Å². The molecule has 0 fully saturated rings. The number of hydrogen-bond acceptors (Lipinski definition) is 2. The Hall–Kier alpha value is -0.960. The number of aryl methyl sites for hydroxylation is 1. The van der Waals surface area contributed by atoms with Crippen molar-refractivity contribution in [2.75, 3.05) is 0 Å². The maximum Gasteiger partial charge on any atom is 0.108 e. The molecule has 0 aliphatic rings. The van der Waals surface area contributed by atoms with Gasteiger partial charge in [0.1, 0.15) is 5.76 Å². The summed E-state index contributed by atoms with van der Waals surface area (Å²) in [4.78, 5) is 0. The molecule has 1 heterocycles. The number of nitrogens with two attached hydrogens (primary N) is 1. The first-order valence-corrected chi connectivity index (χ1v) is 6.63. The van der Waals surface area contributed by atoms with Gasteiger partial charge in [0.15, 0.2) is 0 Å². The Morgan fingerprint density at radius 1 is 1.28 bits per heavy atom. The molecule has 0 saturated heterocycles. The third-order valence-corrected chi connectivity index (χ3v) is 3.83. The Morgan fingerprint density at radius 2 is 2.06 bits per heavy atom. The van der Waals surface area contributed by atoms with Crippen LogP contribution in [-0.2, 0) is 12.8 Å². The standard InChI is InChI=1S/C14H15Cl2NO/c1-2-13-10(6-7-18-13)12(17)8-9-4-3-5-11(15)14(9)16/h3-7,12H,2,8,17H2,1H3. The Bertz CT molecular complexity index is 536. The van der Waals surface area contributed by atoms with E-state index < -0.39 is 0 Å². The number of halogens is 2. The molecule has 0 aliphatic carbocycles. The second-order valence-corrected chi connectivity index (χ2v) is 4.96. The quantitative estimate of drug-likeness (QED) is 0.904. The number of hydrogen-bond donors (Lipinski definition) is 1. The van der Waals surface area contributed by atoms with Crippen molar-refractivity contribution in [2.45, 2.75) is 25.8 Å². The van der Waals surface area contributed by atoms with Gasteiger partial charge in [-0.3, -0.25) is 0 Å². The van der Waals surface area contributed by atoms with Crippen molar-refractivity contribution in [1.82, 2.24) is 0 Å². The largest absolute Gasteiger partial charge is 0.469 e. The molecule has 2 N–H and O–H groups in total. The Kier molecular flexibility index (Phi) is 4.33. The van der Waals surface area contributed by atoms with Crippen molar-refractivity contribution in [1.29, 1.82) is 0 Å². The molecule has 4 heteroatoms. The van der Waals surface area contributed by atoms with Crippen LogP contribution >= 0.6 is 23.2 Å². The molecule has 1 aromatic heterocycles. The summed E-state index contributed by atoms with van der Waals surface area (Å²) in [5.41, 5.74) is 8.20. The smallest absolute Gasteiger partial charge is 0.108 e. The van der Waals surface area contributed by atoms with Gasteiger partial charge in [0.25, 0.3) is 0 Å². The lowest BCUT2D eigenvalue weighted by Crippen LogP contribution is -2.14. The van der Waals surface area contributed by atoms with E-state index in [9.17, 15) is 0 Å². The summed E-state index contributed by atoms with van der Waals surface area (Å²) >= 11 is 12.2. The van der Waals surface area contributed by atoms with Gasteiger partial charge in [-0.2, -0.15) is 0 Å². The molecule has 2 nitrogen and oxygen atoms in total. The normalized spacial score (nSPS) is 12.7. The number of furan rings is 1. The maximum absolute atomic E-state index is 6.21. The van der Waals surface area contributed by atoms with Crippen LogP contribution in [0.15, 0.2) is 34.9 Å². The van der Waals surface area contributed by atoms with Crippen molar-refractivity contribution >= 4 is 23.2 Å². The van der Waals surface area contributed by atoms with E-state index >= 15 is 0 Å². The second kappa shape index (κ2) is 5.79. The average molecular weight is 284 g/mol. The monoisotopic (exact) mass is 283 g/mol. The predicted octanol–water partition coefficient (Wildman–Crippen LogP) is 4.39. The summed E-state index contributed by atoms with van der Waals surface area (Å²) in [5.74, 6) is 0.931. The maximum atomic E-state index is 6.21. The minimum absolute atomic E-state index is 0.130. The van der Waals surface area contributed by atoms with Crippen LogP contribution in [0.5, 0.6) is 0 Å². The molecular formula is C14H15Cl2NO. The molecular weight excluding hydrogens is 269 g/mol. The third-order valence-electron chi connectivity index (χ3n) is 2.97. The molecule has 0 saturated carbocycles. The first-order chi connectivity index (χ1) is 8.63. The first-order valence-electron chi connectivity index (χ1n) is 5.88. The zero-order chi connectivity index (χ0) is 13.1.